The van der Waals surface area contributed by atoms with Crippen LogP contribution in [0.3, 0.4) is 0 Å². The molecule has 2 rings (SSSR count). The van der Waals surface area contributed by atoms with Crippen LogP contribution in [0.25, 0.3) is 0 Å². The molecule has 1 aliphatic carbocycles. The monoisotopic (exact) mass is 217 g/mol. The molecule has 1 nitrogen and oxygen atoms in total. The van der Waals surface area contributed by atoms with Gasteiger partial charge in [0.15, 0.2) is 0 Å². The van der Waals surface area contributed by atoms with E-state index in [2.05, 4.69) is 57.0 Å². The van der Waals surface area contributed by atoms with Crippen molar-refractivity contribution in [2.24, 2.45) is 0 Å². The summed E-state index contributed by atoms with van der Waals surface area (Å²) in [6.45, 7) is 7.88. The highest BCUT2D eigenvalue weighted by molar-refractivity contribution is 5.27. The third-order valence-electron chi connectivity index (χ3n) is 3.42. The third-order valence-corrected chi connectivity index (χ3v) is 3.42. The van der Waals surface area contributed by atoms with E-state index >= 15 is 0 Å². The summed E-state index contributed by atoms with van der Waals surface area (Å²) in [7, 11) is 2.23. The van der Waals surface area contributed by atoms with Gasteiger partial charge in [0.25, 0.3) is 0 Å². The SMILES string of the molecule is CN(Cc1ccc(C(C)(C)C)cc1)C1CC1. The Morgan fingerprint density at radius 2 is 1.69 bits per heavy atom. The van der Waals surface area contributed by atoms with Gasteiger partial charge in [0.1, 0.15) is 0 Å². The van der Waals surface area contributed by atoms with E-state index in [4.69, 9.17) is 0 Å². The fourth-order valence-corrected chi connectivity index (χ4v) is 2.04. The molecule has 1 fully saturated rings. The number of benzene rings is 1. The van der Waals surface area contributed by atoms with Gasteiger partial charge in [-0.15, -0.1) is 0 Å². The molecule has 0 heterocycles. The first kappa shape index (κ1) is 11.7. The normalized spacial score (nSPS) is 16.8. The second-order valence-corrected chi connectivity index (χ2v) is 6.09. The van der Waals surface area contributed by atoms with Crippen LogP contribution < -0.4 is 0 Å². The minimum atomic E-state index is 0.265. The van der Waals surface area contributed by atoms with Crippen molar-refractivity contribution in [2.75, 3.05) is 7.05 Å². The van der Waals surface area contributed by atoms with Crippen LogP contribution in [0.5, 0.6) is 0 Å². The highest BCUT2D eigenvalue weighted by Gasteiger charge is 2.25. The van der Waals surface area contributed by atoms with Gasteiger partial charge in [-0.3, -0.25) is 4.90 Å². The highest BCUT2D eigenvalue weighted by Crippen LogP contribution is 2.27. The molecule has 16 heavy (non-hydrogen) atoms. The topological polar surface area (TPSA) is 3.24 Å². The molecule has 0 atom stereocenters. The van der Waals surface area contributed by atoms with E-state index in [1.54, 1.807) is 0 Å². The predicted octanol–water partition coefficient (Wildman–Crippen LogP) is 3.58. The first-order valence-electron chi connectivity index (χ1n) is 6.26. The molecular formula is C15H23N. The Morgan fingerprint density at radius 1 is 1.12 bits per heavy atom. The van der Waals surface area contributed by atoms with Crippen molar-refractivity contribution in [3.05, 3.63) is 35.4 Å². The molecule has 0 saturated heterocycles. The molecule has 88 valence electrons. The summed E-state index contributed by atoms with van der Waals surface area (Å²) >= 11 is 0. The summed E-state index contributed by atoms with van der Waals surface area (Å²) in [5.41, 5.74) is 3.12. The maximum absolute atomic E-state index is 2.46. The van der Waals surface area contributed by atoms with E-state index < -0.39 is 0 Å². The fourth-order valence-electron chi connectivity index (χ4n) is 2.04. The first-order valence-corrected chi connectivity index (χ1v) is 6.26. The van der Waals surface area contributed by atoms with Crippen molar-refractivity contribution >= 4 is 0 Å². The van der Waals surface area contributed by atoms with Crippen LogP contribution in [0.15, 0.2) is 24.3 Å². The summed E-state index contributed by atoms with van der Waals surface area (Å²) in [6.07, 6.45) is 2.77. The Morgan fingerprint density at radius 3 is 2.12 bits per heavy atom. The van der Waals surface area contributed by atoms with Gasteiger partial charge in [0, 0.05) is 12.6 Å². The maximum atomic E-state index is 2.46. The highest BCUT2D eigenvalue weighted by atomic mass is 15.1. The standard InChI is InChI=1S/C15H23N/c1-15(2,3)13-7-5-12(6-8-13)11-16(4)14-9-10-14/h5-8,14H,9-11H2,1-4H3. The van der Waals surface area contributed by atoms with Crippen LogP contribution in [0.4, 0.5) is 0 Å². The van der Waals surface area contributed by atoms with Crippen molar-refractivity contribution < 1.29 is 0 Å². The molecule has 1 aromatic rings. The lowest BCUT2D eigenvalue weighted by molar-refractivity contribution is 0.316. The molecule has 0 radical (unpaired) electrons. The molecule has 0 aliphatic heterocycles. The molecule has 0 bridgehead atoms. The molecule has 1 heteroatoms. The lowest BCUT2D eigenvalue weighted by atomic mass is 9.87. The summed E-state index contributed by atoms with van der Waals surface area (Å²) in [4.78, 5) is 2.46. The third kappa shape index (κ3) is 2.85. The maximum Gasteiger partial charge on any atom is 0.0233 e. The van der Waals surface area contributed by atoms with E-state index in [1.807, 2.05) is 0 Å². The van der Waals surface area contributed by atoms with E-state index in [9.17, 15) is 0 Å². The van der Waals surface area contributed by atoms with Gasteiger partial charge in [0.05, 0.1) is 0 Å². The molecule has 1 aromatic carbocycles. The van der Waals surface area contributed by atoms with Crippen molar-refractivity contribution in [1.29, 1.82) is 0 Å². The second kappa shape index (κ2) is 4.21. The molecule has 1 saturated carbocycles. The van der Waals surface area contributed by atoms with Gasteiger partial charge in [-0.2, -0.15) is 0 Å². The first-order chi connectivity index (χ1) is 7.47. The second-order valence-electron chi connectivity index (χ2n) is 6.09. The predicted molar refractivity (Wildman–Crippen MR) is 69.6 cm³/mol. The van der Waals surface area contributed by atoms with Crippen LogP contribution >= 0.6 is 0 Å². The lowest BCUT2D eigenvalue weighted by Gasteiger charge is -2.20. The average Bonchev–Trinajstić information content (AvgIpc) is 3.00. The summed E-state index contributed by atoms with van der Waals surface area (Å²) in [6, 6.07) is 9.95. The molecule has 0 spiro atoms. The Bertz CT molecular complexity index is 341. The Balaban J connectivity index is 2.01. The molecule has 0 amide bonds. The van der Waals surface area contributed by atoms with Crippen LogP contribution in [0, 0.1) is 0 Å². The molecule has 0 N–H and O–H groups in total. The quantitative estimate of drug-likeness (QED) is 0.748. The van der Waals surface area contributed by atoms with Crippen LogP contribution in [-0.4, -0.2) is 18.0 Å². The average molecular weight is 217 g/mol. The van der Waals surface area contributed by atoms with Gasteiger partial charge >= 0.3 is 0 Å². The minimum absolute atomic E-state index is 0.265. The number of rotatable bonds is 3. The van der Waals surface area contributed by atoms with E-state index in [0.29, 0.717) is 0 Å². The van der Waals surface area contributed by atoms with Crippen LogP contribution in [-0.2, 0) is 12.0 Å². The van der Waals surface area contributed by atoms with Gasteiger partial charge in [-0.25, -0.2) is 0 Å². The van der Waals surface area contributed by atoms with Crippen LogP contribution in [0.1, 0.15) is 44.7 Å². The molecule has 0 unspecified atom stereocenters. The number of hydrogen-bond donors (Lipinski definition) is 0. The zero-order valence-electron chi connectivity index (χ0n) is 11.0. The van der Waals surface area contributed by atoms with Crippen molar-refractivity contribution in [1.82, 2.24) is 4.90 Å². The molecular weight excluding hydrogens is 194 g/mol. The van der Waals surface area contributed by atoms with Gasteiger partial charge in [-0.1, -0.05) is 45.0 Å². The van der Waals surface area contributed by atoms with Gasteiger partial charge in [0.2, 0.25) is 0 Å². The molecule has 1 aliphatic rings. The zero-order valence-corrected chi connectivity index (χ0v) is 11.0. The zero-order chi connectivity index (χ0) is 11.8. The fraction of sp³-hybridized carbons (Fsp3) is 0.600. The van der Waals surface area contributed by atoms with Crippen molar-refractivity contribution in [3.8, 4) is 0 Å². The van der Waals surface area contributed by atoms with Crippen LogP contribution in [0.2, 0.25) is 0 Å². The largest absolute Gasteiger partial charge is 0.299 e. The van der Waals surface area contributed by atoms with Crippen molar-refractivity contribution in [3.63, 3.8) is 0 Å². The van der Waals surface area contributed by atoms with E-state index in [1.165, 1.54) is 24.0 Å². The van der Waals surface area contributed by atoms with Crippen molar-refractivity contribution in [2.45, 2.75) is 51.6 Å². The Kier molecular flexibility index (Phi) is 3.07. The minimum Gasteiger partial charge on any atom is -0.299 e. The molecule has 0 aromatic heterocycles. The summed E-state index contributed by atoms with van der Waals surface area (Å²) in [5, 5.41) is 0. The van der Waals surface area contributed by atoms with E-state index in [-0.39, 0.29) is 5.41 Å². The van der Waals surface area contributed by atoms with E-state index in [0.717, 1.165) is 12.6 Å². The van der Waals surface area contributed by atoms with Gasteiger partial charge < -0.3 is 0 Å². The lowest BCUT2D eigenvalue weighted by Crippen LogP contribution is -2.20. The summed E-state index contributed by atoms with van der Waals surface area (Å²) < 4.78 is 0. The smallest absolute Gasteiger partial charge is 0.0233 e. The summed E-state index contributed by atoms with van der Waals surface area (Å²) in [5.74, 6) is 0. The Hall–Kier alpha value is -0.820. The number of nitrogens with zero attached hydrogens (tertiary/aromatic N) is 1. The number of hydrogen-bond acceptors (Lipinski definition) is 1. The Labute approximate surface area is 99.5 Å². The van der Waals surface area contributed by atoms with Gasteiger partial charge in [-0.05, 0) is 36.4 Å².